The van der Waals surface area contributed by atoms with Gasteiger partial charge in [-0.2, -0.15) is 5.10 Å². The van der Waals surface area contributed by atoms with Gasteiger partial charge in [-0.1, -0.05) is 12.1 Å². The Hall–Kier alpha value is -1.92. The fourth-order valence-corrected chi connectivity index (χ4v) is 3.34. The maximum atomic E-state index is 12.2. The second-order valence-corrected chi connectivity index (χ2v) is 6.94. The summed E-state index contributed by atoms with van der Waals surface area (Å²) in [6.45, 7) is 1.97. The quantitative estimate of drug-likeness (QED) is 0.723. The van der Waals surface area contributed by atoms with E-state index in [2.05, 4.69) is 31.4 Å². The maximum Gasteiger partial charge on any atom is 0.265 e. The van der Waals surface area contributed by atoms with Gasteiger partial charge in [-0.15, -0.1) is 11.3 Å². The van der Waals surface area contributed by atoms with Crippen LogP contribution in [-0.2, 0) is 0 Å². The van der Waals surface area contributed by atoms with Crippen molar-refractivity contribution in [2.24, 2.45) is 0 Å². The third-order valence-corrected chi connectivity index (χ3v) is 5.17. The molecule has 1 amide bonds. The monoisotopic (exact) mass is 361 g/mol. The van der Waals surface area contributed by atoms with E-state index in [0.717, 1.165) is 26.3 Å². The fraction of sp³-hybridized carbons (Fsp3) is 0.0667. The van der Waals surface area contributed by atoms with Crippen LogP contribution in [0.15, 0.2) is 46.4 Å². The summed E-state index contributed by atoms with van der Waals surface area (Å²) in [7, 11) is 0. The third-order valence-electron chi connectivity index (χ3n) is 3.04. The molecule has 0 radical (unpaired) electrons. The largest absolute Gasteiger partial charge is 0.321 e. The molecule has 3 rings (SSSR count). The molecule has 0 fully saturated rings. The van der Waals surface area contributed by atoms with Crippen molar-refractivity contribution >= 4 is 38.9 Å². The van der Waals surface area contributed by atoms with Crippen LogP contribution in [0.25, 0.3) is 11.3 Å². The van der Waals surface area contributed by atoms with Crippen LogP contribution in [0, 0.1) is 6.92 Å². The van der Waals surface area contributed by atoms with Gasteiger partial charge >= 0.3 is 0 Å². The van der Waals surface area contributed by atoms with Crippen LogP contribution in [-0.4, -0.2) is 16.1 Å². The lowest BCUT2D eigenvalue weighted by molar-refractivity contribution is 0.103. The van der Waals surface area contributed by atoms with E-state index in [1.165, 1.54) is 11.3 Å². The van der Waals surface area contributed by atoms with Crippen molar-refractivity contribution in [1.82, 2.24) is 10.2 Å². The number of aryl methyl sites for hydroxylation is 1. The Morgan fingerprint density at radius 1 is 1.29 bits per heavy atom. The zero-order valence-corrected chi connectivity index (χ0v) is 13.6. The van der Waals surface area contributed by atoms with Crippen LogP contribution in [0.2, 0.25) is 0 Å². The minimum absolute atomic E-state index is 0.0944. The molecule has 2 aromatic heterocycles. The van der Waals surface area contributed by atoms with E-state index in [4.69, 9.17) is 0 Å². The van der Waals surface area contributed by atoms with Crippen molar-refractivity contribution in [1.29, 1.82) is 0 Å². The van der Waals surface area contributed by atoms with E-state index >= 15 is 0 Å². The van der Waals surface area contributed by atoms with Crippen LogP contribution >= 0.6 is 27.3 Å². The zero-order valence-electron chi connectivity index (χ0n) is 11.2. The molecule has 0 atom stereocenters. The second-order valence-electron chi connectivity index (χ2n) is 4.57. The maximum absolute atomic E-state index is 12.2. The summed E-state index contributed by atoms with van der Waals surface area (Å²) < 4.78 is 0.988. The topological polar surface area (TPSA) is 57.8 Å². The Balaban J connectivity index is 1.74. The van der Waals surface area contributed by atoms with Crippen molar-refractivity contribution in [3.63, 3.8) is 0 Å². The molecule has 0 unspecified atom stereocenters. The number of H-pyrrole nitrogens is 1. The highest BCUT2D eigenvalue weighted by molar-refractivity contribution is 9.11. The summed E-state index contributed by atoms with van der Waals surface area (Å²) in [5, 5.41) is 9.73. The number of rotatable bonds is 3. The van der Waals surface area contributed by atoms with Crippen LogP contribution in [0.1, 0.15) is 15.2 Å². The molecule has 0 aliphatic carbocycles. The van der Waals surface area contributed by atoms with Crippen molar-refractivity contribution in [2.45, 2.75) is 6.92 Å². The number of halogens is 1. The van der Waals surface area contributed by atoms with E-state index in [0.29, 0.717) is 4.88 Å². The highest BCUT2D eigenvalue weighted by atomic mass is 79.9. The zero-order chi connectivity index (χ0) is 14.8. The predicted octanol–water partition coefficient (Wildman–Crippen LogP) is 4.46. The number of benzene rings is 1. The molecule has 21 heavy (non-hydrogen) atoms. The molecule has 0 aliphatic rings. The number of amides is 1. The fourth-order valence-electron chi connectivity index (χ4n) is 1.91. The van der Waals surface area contributed by atoms with E-state index in [-0.39, 0.29) is 5.91 Å². The van der Waals surface area contributed by atoms with E-state index < -0.39 is 0 Å². The molecular weight excluding hydrogens is 350 g/mol. The predicted molar refractivity (Wildman–Crippen MR) is 88.7 cm³/mol. The smallest absolute Gasteiger partial charge is 0.265 e. The molecular formula is C15H12BrN3OS. The minimum atomic E-state index is -0.0944. The molecule has 6 heteroatoms. The average molecular weight is 362 g/mol. The lowest BCUT2D eigenvalue weighted by Crippen LogP contribution is -2.09. The number of carbonyl (C=O) groups is 1. The van der Waals surface area contributed by atoms with Gasteiger partial charge in [-0.05, 0) is 58.2 Å². The summed E-state index contributed by atoms with van der Waals surface area (Å²) in [4.78, 5) is 12.8. The van der Waals surface area contributed by atoms with Gasteiger partial charge in [0.05, 0.1) is 14.4 Å². The van der Waals surface area contributed by atoms with Crippen molar-refractivity contribution in [2.75, 3.05) is 5.32 Å². The third kappa shape index (κ3) is 3.06. The number of nitrogens with one attached hydrogen (secondary N) is 2. The number of aromatic nitrogens is 2. The lowest BCUT2D eigenvalue weighted by Gasteiger charge is -2.04. The number of hydrogen-bond donors (Lipinski definition) is 2. The molecule has 0 saturated carbocycles. The molecule has 106 valence electrons. The Morgan fingerprint density at radius 2 is 2.05 bits per heavy atom. The lowest BCUT2D eigenvalue weighted by atomic mass is 10.1. The molecule has 2 N–H and O–H groups in total. The molecule has 1 aromatic carbocycles. The highest BCUT2D eigenvalue weighted by Crippen LogP contribution is 2.28. The second kappa shape index (κ2) is 5.83. The summed E-state index contributed by atoms with van der Waals surface area (Å²) in [6.07, 6.45) is 1.71. The number of anilines is 1. The summed E-state index contributed by atoms with van der Waals surface area (Å²) in [5.74, 6) is -0.0944. The highest BCUT2D eigenvalue weighted by Gasteiger charge is 2.11. The van der Waals surface area contributed by atoms with Crippen LogP contribution in [0.4, 0.5) is 5.69 Å². The Labute approximate surface area is 134 Å². The van der Waals surface area contributed by atoms with Gasteiger partial charge in [0.2, 0.25) is 0 Å². The molecule has 3 aromatic rings. The molecule has 4 nitrogen and oxygen atoms in total. The van der Waals surface area contributed by atoms with Crippen molar-refractivity contribution in [3.05, 3.63) is 56.8 Å². The first kappa shape index (κ1) is 14.0. The molecule has 0 spiro atoms. The molecule has 0 aliphatic heterocycles. The SMILES string of the molecule is Cc1cc(C(=O)Nc2ccc(-c3ccn[nH]3)cc2)sc1Br. The van der Waals surface area contributed by atoms with Crippen LogP contribution in [0.3, 0.4) is 0 Å². The number of nitrogens with zero attached hydrogens (tertiary/aromatic N) is 1. The first-order valence-corrected chi connectivity index (χ1v) is 7.91. The molecule has 0 bridgehead atoms. The van der Waals surface area contributed by atoms with Gasteiger partial charge in [-0.25, -0.2) is 0 Å². The normalized spacial score (nSPS) is 10.6. The van der Waals surface area contributed by atoms with Gasteiger partial charge < -0.3 is 5.32 Å². The number of carbonyl (C=O) groups excluding carboxylic acids is 1. The Kier molecular flexibility index (Phi) is 3.90. The summed E-state index contributed by atoms with van der Waals surface area (Å²) in [5.41, 5.74) is 3.82. The first-order chi connectivity index (χ1) is 10.1. The molecule has 0 saturated heterocycles. The van der Waals surface area contributed by atoms with E-state index in [1.54, 1.807) is 6.20 Å². The Bertz CT molecular complexity index is 743. The van der Waals surface area contributed by atoms with Crippen molar-refractivity contribution in [3.8, 4) is 11.3 Å². The van der Waals surface area contributed by atoms with Crippen LogP contribution < -0.4 is 5.32 Å². The van der Waals surface area contributed by atoms with Gasteiger partial charge in [0.25, 0.3) is 5.91 Å². The summed E-state index contributed by atoms with van der Waals surface area (Å²) >= 11 is 4.86. The van der Waals surface area contributed by atoms with E-state index in [9.17, 15) is 4.79 Å². The molecule has 2 heterocycles. The van der Waals surface area contributed by atoms with Gasteiger partial charge in [0, 0.05) is 11.9 Å². The summed E-state index contributed by atoms with van der Waals surface area (Å²) in [6, 6.07) is 11.4. The van der Waals surface area contributed by atoms with Gasteiger partial charge in [0.1, 0.15) is 0 Å². The standard InChI is InChI=1S/C15H12BrN3OS/c1-9-8-13(21-14(9)16)15(20)18-11-4-2-10(3-5-11)12-6-7-17-19-12/h2-8H,1H3,(H,17,19)(H,18,20). The first-order valence-electron chi connectivity index (χ1n) is 6.30. The number of thiophene rings is 1. The van der Waals surface area contributed by atoms with Gasteiger partial charge in [0.15, 0.2) is 0 Å². The van der Waals surface area contributed by atoms with Crippen LogP contribution in [0.5, 0.6) is 0 Å². The average Bonchev–Trinajstić information content (AvgIpc) is 3.11. The minimum Gasteiger partial charge on any atom is -0.321 e. The Morgan fingerprint density at radius 3 is 2.62 bits per heavy atom. The van der Waals surface area contributed by atoms with Crippen molar-refractivity contribution < 1.29 is 4.79 Å². The number of aromatic amines is 1. The van der Waals surface area contributed by atoms with E-state index in [1.807, 2.05) is 43.3 Å². The van der Waals surface area contributed by atoms with Gasteiger partial charge in [-0.3, -0.25) is 9.89 Å². The number of hydrogen-bond acceptors (Lipinski definition) is 3.